The van der Waals surface area contributed by atoms with Crippen molar-refractivity contribution in [1.82, 2.24) is 0 Å². The molecule has 0 saturated carbocycles. The minimum atomic E-state index is -0.404. The number of halogens is 3. The summed E-state index contributed by atoms with van der Waals surface area (Å²) in [6.45, 7) is 1.82. The van der Waals surface area contributed by atoms with Crippen LogP contribution < -0.4 is 5.32 Å². The summed E-state index contributed by atoms with van der Waals surface area (Å²) in [5.74, 6) is 0. The van der Waals surface area contributed by atoms with Crippen molar-refractivity contribution >= 4 is 50.5 Å². The first-order valence-electron chi connectivity index (χ1n) is 6.04. The second kappa shape index (κ2) is 6.64. The third-order valence-electron chi connectivity index (χ3n) is 2.97. The van der Waals surface area contributed by atoms with Crippen molar-refractivity contribution in [2.45, 2.75) is 13.0 Å². The Morgan fingerprint density at radius 3 is 2.38 bits per heavy atom. The number of hydrogen-bond donors (Lipinski definition) is 1. The predicted octanol–water partition coefficient (Wildman–Crippen LogP) is 5.84. The molecular formula is C14H11BrCl2N2O2. The van der Waals surface area contributed by atoms with E-state index in [1.54, 1.807) is 30.3 Å². The molecule has 0 amide bonds. The van der Waals surface area contributed by atoms with Gasteiger partial charge in [-0.25, -0.2) is 0 Å². The number of nitro benzene ring substituents is 1. The van der Waals surface area contributed by atoms with Crippen molar-refractivity contribution in [3.05, 3.63) is 66.6 Å². The highest BCUT2D eigenvalue weighted by molar-refractivity contribution is 9.10. The number of nitrogens with zero attached hydrogens (tertiary/aromatic N) is 1. The van der Waals surface area contributed by atoms with E-state index < -0.39 is 4.92 Å². The molecule has 2 aromatic carbocycles. The molecular weight excluding hydrogens is 379 g/mol. The van der Waals surface area contributed by atoms with Crippen molar-refractivity contribution in [2.75, 3.05) is 5.32 Å². The minimum Gasteiger partial charge on any atom is -0.376 e. The molecule has 0 aliphatic carbocycles. The monoisotopic (exact) mass is 388 g/mol. The van der Waals surface area contributed by atoms with Gasteiger partial charge in [-0.15, -0.1) is 0 Å². The van der Waals surface area contributed by atoms with Gasteiger partial charge in [0.25, 0.3) is 5.69 Å². The summed E-state index contributed by atoms with van der Waals surface area (Å²) in [7, 11) is 0. The van der Waals surface area contributed by atoms with Crippen LogP contribution in [-0.2, 0) is 0 Å². The lowest BCUT2D eigenvalue weighted by atomic mass is 10.1. The normalized spacial score (nSPS) is 12.0. The first kappa shape index (κ1) is 16.1. The van der Waals surface area contributed by atoms with Crippen molar-refractivity contribution in [2.24, 2.45) is 0 Å². The Morgan fingerprint density at radius 1 is 1.24 bits per heavy atom. The average molecular weight is 390 g/mol. The molecule has 7 heteroatoms. The zero-order valence-electron chi connectivity index (χ0n) is 10.9. The molecule has 0 radical (unpaired) electrons. The second-order valence-electron chi connectivity index (χ2n) is 4.43. The van der Waals surface area contributed by atoms with E-state index in [0.717, 1.165) is 4.47 Å². The van der Waals surface area contributed by atoms with Gasteiger partial charge in [-0.05, 0) is 19.1 Å². The van der Waals surface area contributed by atoms with Crippen molar-refractivity contribution in [1.29, 1.82) is 0 Å². The number of para-hydroxylation sites is 1. The molecule has 0 saturated heterocycles. The van der Waals surface area contributed by atoms with Gasteiger partial charge >= 0.3 is 0 Å². The van der Waals surface area contributed by atoms with Crippen LogP contribution in [0.4, 0.5) is 11.4 Å². The average Bonchev–Trinajstić information content (AvgIpc) is 2.42. The van der Waals surface area contributed by atoms with Gasteiger partial charge in [0.15, 0.2) is 0 Å². The Morgan fingerprint density at radius 2 is 1.81 bits per heavy atom. The second-order valence-corrected chi connectivity index (χ2v) is 6.16. The number of nitro groups is 1. The zero-order valence-corrected chi connectivity index (χ0v) is 14.0. The lowest BCUT2D eigenvalue weighted by Crippen LogP contribution is -2.09. The van der Waals surface area contributed by atoms with Crippen molar-refractivity contribution in [3.63, 3.8) is 0 Å². The maximum absolute atomic E-state index is 11.1. The van der Waals surface area contributed by atoms with E-state index in [9.17, 15) is 10.1 Å². The molecule has 110 valence electrons. The molecule has 0 aromatic heterocycles. The third kappa shape index (κ3) is 3.67. The fourth-order valence-corrected chi connectivity index (χ4v) is 3.31. The molecule has 0 aliphatic heterocycles. The van der Waals surface area contributed by atoms with Gasteiger partial charge in [0.1, 0.15) is 0 Å². The summed E-state index contributed by atoms with van der Waals surface area (Å²) in [5.41, 5.74) is 1.17. The van der Waals surface area contributed by atoms with Crippen LogP contribution in [0.2, 0.25) is 10.0 Å². The van der Waals surface area contributed by atoms with Crippen LogP contribution >= 0.6 is 39.1 Å². The predicted molar refractivity (Wildman–Crippen MR) is 89.3 cm³/mol. The fraction of sp³-hybridized carbons (Fsp3) is 0.143. The van der Waals surface area contributed by atoms with E-state index in [1.165, 1.54) is 6.07 Å². The van der Waals surface area contributed by atoms with Crippen LogP contribution in [0.25, 0.3) is 0 Å². The highest BCUT2D eigenvalue weighted by Crippen LogP contribution is 2.37. The molecule has 1 atom stereocenters. The molecule has 0 spiro atoms. The maximum atomic E-state index is 11.1. The van der Waals surface area contributed by atoms with E-state index in [4.69, 9.17) is 23.2 Å². The third-order valence-corrected chi connectivity index (χ3v) is 4.02. The van der Waals surface area contributed by atoms with Gasteiger partial charge in [0.2, 0.25) is 0 Å². The Hall–Kier alpha value is -1.30. The summed E-state index contributed by atoms with van der Waals surface area (Å²) in [6, 6.07) is 9.67. The van der Waals surface area contributed by atoms with Gasteiger partial charge in [0.05, 0.1) is 32.3 Å². The van der Waals surface area contributed by atoms with Crippen LogP contribution in [0.5, 0.6) is 0 Å². The van der Waals surface area contributed by atoms with Crippen LogP contribution in [0, 0.1) is 10.1 Å². The largest absolute Gasteiger partial charge is 0.376 e. The van der Waals surface area contributed by atoms with Gasteiger partial charge in [-0.3, -0.25) is 10.1 Å². The number of rotatable bonds is 4. The Labute approximate surface area is 140 Å². The molecule has 0 bridgehead atoms. The SMILES string of the molecule is CC(Nc1c(Cl)cc(Br)cc1Cl)c1ccccc1[N+](=O)[O-]. The Bertz CT molecular complexity index is 671. The molecule has 0 fully saturated rings. The quantitative estimate of drug-likeness (QED) is 0.528. The summed E-state index contributed by atoms with van der Waals surface area (Å²) in [5, 5.41) is 15.1. The van der Waals surface area contributed by atoms with Gasteiger partial charge < -0.3 is 5.32 Å². The topological polar surface area (TPSA) is 55.2 Å². The fourth-order valence-electron chi connectivity index (χ4n) is 1.99. The van der Waals surface area contributed by atoms with Gasteiger partial charge in [-0.2, -0.15) is 0 Å². The first-order valence-corrected chi connectivity index (χ1v) is 7.59. The summed E-state index contributed by atoms with van der Waals surface area (Å²) >= 11 is 15.6. The van der Waals surface area contributed by atoms with Crippen LogP contribution in [-0.4, -0.2) is 4.92 Å². The lowest BCUT2D eigenvalue weighted by Gasteiger charge is -2.18. The van der Waals surface area contributed by atoms with Gasteiger partial charge in [0, 0.05) is 10.5 Å². The molecule has 4 nitrogen and oxygen atoms in total. The van der Waals surface area contributed by atoms with Crippen LogP contribution in [0.3, 0.4) is 0 Å². The smallest absolute Gasteiger partial charge is 0.274 e. The zero-order chi connectivity index (χ0) is 15.6. The van der Waals surface area contributed by atoms with Gasteiger partial charge in [-0.1, -0.05) is 57.3 Å². The molecule has 1 unspecified atom stereocenters. The van der Waals surface area contributed by atoms with E-state index in [-0.39, 0.29) is 11.7 Å². The summed E-state index contributed by atoms with van der Waals surface area (Å²) in [6.07, 6.45) is 0. The molecule has 0 heterocycles. The molecule has 1 N–H and O–H groups in total. The summed E-state index contributed by atoms with van der Waals surface area (Å²) in [4.78, 5) is 10.7. The van der Waals surface area contributed by atoms with Crippen LogP contribution in [0.1, 0.15) is 18.5 Å². The van der Waals surface area contributed by atoms with E-state index >= 15 is 0 Å². The van der Waals surface area contributed by atoms with Crippen molar-refractivity contribution in [3.8, 4) is 0 Å². The maximum Gasteiger partial charge on any atom is 0.274 e. The van der Waals surface area contributed by atoms with Crippen molar-refractivity contribution < 1.29 is 4.92 Å². The van der Waals surface area contributed by atoms with E-state index in [0.29, 0.717) is 21.3 Å². The number of anilines is 1. The number of benzene rings is 2. The minimum absolute atomic E-state index is 0.0573. The van der Waals surface area contributed by atoms with E-state index in [1.807, 2.05) is 6.92 Å². The lowest BCUT2D eigenvalue weighted by molar-refractivity contribution is -0.385. The Balaban J connectivity index is 2.35. The highest BCUT2D eigenvalue weighted by Gasteiger charge is 2.19. The number of hydrogen-bond acceptors (Lipinski definition) is 3. The Kier molecular flexibility index (Phi) is 5.08. The summed E-state index contributed by atoms with van der Waals surface area (Å²) < 4.78 is 0.765. The molecule has 2 aromatic rings. The number of nitrogens with one attached hydrogen (secondary N) is 1. The van der Waals surface area contributed by atoms with E-state index in [2.05, 4.69) is 21.2 Å². The molecule has 2 rings (SSSR count). The molecule has 21 heavy (non-hydrogen) atoms. The highest BCUT2D eigenvalue weighted by atomic mass is 79.9. The first-order chi connectivity index (χ1) is 9.90. The van der Waals surface area contributed by atoms with Crippen LogP contribution in [0.15, 0.2) is 40.9 Å². The molecule has 0 aliphatic rings. The standard InChI is InChI=1S/C14H11BrCl2N2O2/c1-8(10-4-2-3-5-13(10)19(20)21)18-14-11(16)6-9(15)7-12(14)17/h2-8,18H,1H3.